The second-order valence-electron chi connectivity index (χ2n) is 4.55. The van der Waals surface area contributed by atoms with Crippen molar-refractivity contribution in [1.29, 1.82) is 0 Å². The molecule has 1 aromatic carbocycles. The van der Waals surface area contributed by atoms with E-state index in [2.05, 4.69) is 45.0 Å². The van der Waals surface area contributed by atoms with Crippen molar-refractivity contribution in [3.63, 3.8) is 0 Å². The Balaban J connectivity index is 2.36. The van der Waals surface area contributed by atoms with Crippen molar-refractivity contribution in [2.75, 3.05) is 5.75 Å². The Labute approximate surface area is 104 Å². The summed E-state index contributed by atoms with van der Waals surface area (Å²) in [6.45, 7) is 6.59. The van der Waals surface area contributed by atoms with Crippen molar-refractivity contribution >= 4 is 11.8 Å². The van der Waals surface area contributed by atoms with Gasteiger partial charge in [0, 0.05) is 16.7 Å². The lowest BCUT2D eigenvalue weighted by molar-refractivity contribution is 0.450. The smallest absolute Gasteiger partial charge is 0.0159 e. The third-order valence-electron chi connectivity index (χ3n) is 2.94. The monoisotopic (exact) mass is 237 g/mol. The Bertz CT molecular complexity index is 294. The number of hydrogen-bond donors (Lipinski definition) is 1. The molecule has 2 heteroatoms. The van der Waals surface area contributed by atoms with Crippen molar-refractivity contribution in [1.82, 2.24) is 0 Å². The molecular formula is C14H23NS. The Kier molecular flexibility index (Phi) is 5.93. The minimum atomic E-state index is 0.311. The van der Waals surface area contributed by atoms with E-state index in [4.69, 9.17) is 5.73 Å². The van der Waals surface area contributed by atoms with Crippen LogP contribution in [0.4, 0.5) is 0 Å². The molecule has 0 radical (unpaired) electrons. The van der Waals surface area contributed by atoms with Gasteiger partial charge in [0.15, 0.2) is 0 Å². The molecule has 0 fully saturated rings. The second-order valence-corrected chi connectivity index (χ2v) is 5.65. The molecule has 1 rings (SSSR count). The van der Waals surface area contributed by atoms with Gasteiger partial charge in [-0.1, -0.05) is 38.0 Å². The lowest BCUT2D eigenvalue weighted by atomic mass is 9.99. The van der Waals surface area contributed by atoms with E-state index < -0.39 is 0 Å². The lowest BCUT2D eigenvalue weighted by Crippen LogP contribution is -2.30. The number of hydrogen-bond acceptors (Lipinski definition) is 2. The Morgan fingerprint density at radius 3 is 2.44 bits per heavy atom. The highest BCUT2D eigenvalue weighted by Gasteiger charge is 2.11. The number of aryl methyl sites for hydroxylation is 1. The molecular weight excluding hydrogens is 214 g/mol. The van der Waals surface area contributed by atoms with Gasteiger partial charge in [-0.2, -0.15) is 0 Å². The van der Waals surface area contributed by atoms with E-state index in [0.29, 0.717) is 12.0 Å². The molecule has 16 heavy (non-hydrogen) atoms. The molecule has 1 aromatic rings. The zero-order valence-corrected chi connectivity index (χ0v) is 11.4. The van der Waals surface area contributed by atoms with Crippen LogP contribution in [0.25, 0.3) is 0 Å². The van der Waals surface area contributed by atoms with Crippen molar-refractivity contribution in [3.8, 4) is 0 Å². The van der Waals surface area contributed by atoms with Crippen molar-refractivity contribution in [2.45, 2.75) is 44.6 Å². The van der Waals surface area contributed by atoms with Gasteiger partial charge in [-0.05, 0) is 31.4 Å². The fourth-order valence-electron chi connectivity index (χ4n) is 1.66. The topological polar surface area (TPSA) is 26.0 Å². The zero-order valence-electron chi connectivity index (χ0n) is 10.6. The quantitative estimate of drug-likeness (QED) is 0.761. The van der Waals surface area contributed by atoms with Crippen LogP contribution in [-0.4, -0.2) is 11.8 Å². The number of thioether (sulfide) groups is 1. The van der Waals surface area contributed by atoms with Gasteiger partial charge in [-0.15, -0.1) is 11.8 Å². The molecule has 2 N–H and O–H groups in total. The minimum Gasteiger partial charge on any atom is -0.327 e. The SMILES string of the molecule is CCCC(C)C(N)CSc1ccc(C)cc1. The number of benzene rings is 1. The Morgan fingerprint density at radius 2 is 1.88 bits per heavy atom. The second kappa shape index (κ2) is 6.97. The first-order valence-electron chi connectivity index (χ1n) is 6.08. The van der Waals surface area contributed by atoms with Gasteiger partial charge in [0.1, 0.15) is 0 Å². The highest BCUT2D eigenvalue weighted by molar-refractivity contribution is 7.99. The van der Waals surface area contributed by atoms with Crippen molar-refractivity contribution in [3.05, 3.63) is 29.8 Å². The molecule has 0 heterocycles. The lowest BCUT2D eigenvalue weighted by Gasteiger charge is -2.18. The standard InChI is InChI=1S/C14H23NS/c1-4-5-12(3)14(15)10-16-13-8-6-11(2)7-9-13/h6-9,12,14H,4-5,10,15H2,1-3H3. The van der Waals surface area contributed by atoms with Gasteiger partial charge in [0.2, 0.25) is 0 Å². The summed E-state index contributed by atoms with van der Waals surface area (Å²) in [6.07, 6.45) is 2.46. The summed E-state index contributed by atoms with van der Waals surface area (Å²) >= 11 is 1.87. The maximum absolute atomic E-state index is 6.16. The summed E-state index contributed by atoms with van der Waals surface area (Å²) in [6, 6.07) is 8.98. The molecule has 0 aliphatic rings. The summed E-state index contributed by atoms with van der Waals surface area (Å²) in [4.78, 5) is 1.32. The van der Waals surface area contributed by atoms with Crippen LogP contribution < -0.4 is 5.73 Å². The fraction of sp³-hybridized carbons (Fsp3) is 0.571. The van der Waals surface area contributed by atoms with Gasteiger partial charge in [0.05, 0.1) is 0 Å². The Morgan fingerprint density at radius 1 is 1.25 bits per heavy atom. The molecule has 0 aliphatic carbocycles. The van der Waals surface area contributed by atoms with Crippen LogP contribution in [0.3, 0.4) is 0 Å². The van der Waals surface area contributed by atoms with Crippen LogP contribution in [0.2, 0.25) is 0 Å². The summed E-state index contributed by atoms with van der Waals surface area (Å²) in [7, 11) is 0. The van der Waals surface area contributed by atoms with Crippen LogP contribution in [0.15, 0.2) is 29.2 Å². The van der Waals surface area contributed by atoms with Crippen LogP contribution in [0.1, 0.15) is 32.3 Å². The van der Waals surface area contributed by atoms with Gasteiger partial charge < -0.3 is 5.73 Å². The third-order valence-corrected chi connectivity index (χ3v) is 4.10. The highest BCUT2D eigenvalue weighted by atomic mass is 32.2. The molecule has 90 valence electrons. The predicted molar refractivity (Wildman–Crippen MR) is 74.0 cm³/mol. The number of nitrogens with two attached hydrogens (primary N) is 1. The summed E-state index contributed by atoms with van der Waals surface area (Å²) in [5, 5.41) is 0. The first-order chi connectivity index (χ1) is 7.63. The zero-order chi connectivity index (χ0) is 12.0. The predicted octanol–water partition coefficient (Wildman–Crippen LogP) is 3.85. The molecule has 0 saturated heterocycles. The highest BCUT2D eigenvalue weighted by Crippen LogP contribution is 2.21. The molecule has 0 aromatic heterocycles. The molecule has 0 saturated carbocycles. The molecule has 2 atom stereocenters. The number of rotatable bonds is 6. The van der Waals surface area contributed by atoms with E-state index in [9.17, 15) is 0 Å². The van der Waals surface area contributed by atoms with E-state index in [-0.39, 0.29) is 0 Å². The Hall–Kier alpha value is -0.470. The fourth-order valence-corrected chi connectivity index (χ4v) is 2.70. The van der Waals surface area contributed by atoms with E-state index in [0.717, 1.165) is 5.75 Å². The van der Waals surface area contributed by atoms with Crippen LogP contribution in [0, 0.1) is 12.8 Å². The van der Waals surface area contributed by atoms with Crippen LogP contribution in [-0.2, 0) is 0 Å². The van der Waals surface area contributed by atoms with E-state index in [1.807, 2.05) is 11.8 Å². The van der Waals surface area contributed by atoms with E-state index in [1.54, 1.807) is 0 Å². The summed E-state index contributed by atoms with van der Waals surface area (Å²) in [5.41, 5.74) is 7.47. The van der Waals surface area contributed by atoms with E-state index >= 15 is 0 Å². The van der Waals surface area contributed by atoms with Crippen molar-refractivity contribution in [2.24, 2.45) is 11.7 Å². The molecule has 1 nitrogen and oxygen atoms in total. The van der Waals surface area contributed by atoms with Crippen LogP contribution >= 0.6 is 11.8 Å². The summed E-state index contributed by atoms with van der Waals surface area (Å²) < 4.78 is 0. The van der Waals surface area contributed by atoms with Crippen molar-refractivity contribution < 1.29 is 0 Å². The maximum Gasteiger partial charge on any atom is 0.0159 e. The molecule has 0 aliphatic heterocycles. The van der Waals surface area contributed by atoms with Gasteiger partial charge in [-0.3, -0.25) is 0 Å². The molecule has 0 spiro atoms. The molecule has 0 amide bonds. The van der Waals surface area contributed by atoms with E-state index in [1.165, 1.54) is 23.3 Å². The van der Waals surface area contributed by atoms with Gasteiger partial charge >= 0.3 is 0 Å². The molecule has 0 bridgehead atoms. The third kappa shape index (κ3) is 4.58. The normalized spacial score (nSPS) is 14.8. The average Bonchev–Trinajstić information content (AvgIpc) is 2.28. The average molecular weight is 237 g/mol. The van der Waals surface area contributed by atoms with Gasteiger partial charge in [0.25, 0.3) is 0 Å². The summed E-state index contributed by atoms with van der Waals surface area (Å²) in [5.74, 6) is 1.65. The first kappa shape index (κ1) is 13.6. The van der Waals surface area contributed by atoms with Crippen LogP contribution in [0.5, 0.6) is 0 Å². The first-order valence-corrected chi connectivity index (χ1v) is 7.07. The maximum atomic E-state index is 6.16. The minimum absolute atomic E-state index is 0.311. The largest absolute Gasteiger partial charge is 0.327 e. The molecule has 2 unspecified atom stereocenters. The van der Waals surface area contributed by atoms with Gasteiger partial charge in [-0.25, -0.2) is 0 Å².